The lowest BCUT2D eigenvalue weighted by atomic mass is 9.92. The molecule has 0 saturated heterocycles. The number of nitrogens with one attached hydrogen (secondary N) is 1. The van der Waals surface area contributed by atoms with Gasteiger partial charge in [0.25, 0.3) is 5.91 Å². The van der Waals surface area contributed by atoms with Crippen molar-refractivity contribution >= 4 is 16.8 Å². The van der Waals surface area contributed by atoms with Crippen LogP contribution in [0.25, 0.3) is 22.3 Å². The predicted molar refractivity (Wildman–Crippen MR) is 125 cm³/mol. The number of carbonyl (C=O) groups is 1. The van der Waals surface area contributed by atoms with Crippen LogP contribution in [0.4, 0.5) is 0 Å². The van der Waals surface area contributed by atoms with Crippen molar-refractivity contribution in [3.05, 3.63) is 77.3 Å². The molecule has 1 saturated carbocycles. The summed E-state index contributed by atoms with van der Waals surface area (Å²) in [7, 11) is 0. The monoisotopic (exact) mass is 442 g/mol. The van der Waals surface area contributed by atoms with Crippen molar-refractivity contribution in [3.8, 4) is 11.4 Å². The molecular formula is C26H26N4O3. The largest absolute Gasteiger partial charge is 0.391 e. The topological polar surface area (TPSA) is 101 Å². The van der Waals surface area contributed by atoms with E-state index in [9.17, 15) is 9.90 Å². The first-order chi connectivity index (χ1) is 16.1. The summed E-state index contributed by atoms with van der Waals surface area (Å²) >= 11 is 0. The number of benzene rings is 2. The Morgan fingerprint density at radius 1 is 1.09 bits per heavy atom. The number of carbonyl (C=O) groups excluding carboxylic acids is 1. The van der Waals surface area contributed by atoms with Crippen LogP contribution in [0.3, 0.4) is 0 Å². The highest BCUT2D eigenvalue weighted by molar-refractivity contribution is 5.96. The molecule has 0 aliphatic heterocycles. The summed E-state index contributed by atoms with van der Waals surface area (Å²) in [5.74, 6) is 0.858. The lowest BCUT2D eigenvalue weighted by molar-refractivity contribution is 0.0714. The fourth-order valence-electron chi connectivity index (χ4n) is 4.44. The second-order valence-corrected chi connectivity index (χ2v) is 8.63. The van der Waals surface area contributed by atoms with Gasteiger partial charge in [0.2, 0.25) is 11.7 Å². The van der Waals surface area contributed by atoms with Crippen molar-refractivity contribution in [1.82, 2.24) is 20.4 Å². The Morgan fingerprint density at radius 3 is 2.64 bits per heavy atom. The van der Waals surface area contributed by atoms with Gasteiger partial charge < -0.3 is 14.9 Å². The second-order valence-electron chi connectivity index (χ2n) is 8.63. The lowest BCUT2D eigenvalue weighted by Crippen LogP contribution is -2.45. The number of hydrogen-bond donors (Lipinski definition) is 2. The Kier molecular flexibility index (Phi) is 5.88. The number of para-hydroxylation sites is 1. The average molecular weight is 443 g/mol. The molecule has 7 nitrogen and oxygen atoms in total. The molecule has 4 aromatic rings. The molecule has 0 radical (unpaired) electrons. The zero-order valence-electron chi connectivity index (χ0n) is 18.5. The highest BCUT2D eigenvalue weighted by Crippen LogP contribution is 2.24. The number of rotatable bonds is 5. The maximum absolute atomic E-state index is 13.0. The van der Waals surface area contributed by atoms with Crippen molar-refractivity contribution in [1.29, 1.82) is 0 Å². The fourth-order valence-corrected chi connectivity index (χ4v) is 4.44. The third-order valence-corrected chi connectivity index (χ3v) is 6.21. The quantitative estimate of drug-likeness (QED) is 0.480. The minimum atomic E-state index is -0.496. The molecule has 1 fully saturated rings. The van der Waals surface area contributed by atoms with Crippen LogP contribution in [0, 0.1) is 6.92 Å². The van der Waals surface area contributed by atoms with Crippen LogP contribution in [0.5, 0.6) is 0 Å². The van der Waals surface area contributed by atoms with E-state index in [-0.39, 0.29) is 11.9 Å². The summed E-state index contributed by atoms with van der Waals surface area (Å²) in [6.07, 6.45) is 3.68. The zero-order valence-corrected chi connectivity index (χ0v) is 18.5. The molecule has 2 aromatic heterocycles. The first-order valence-corrected chi connectivity index (χ1v) is 11.3. The van der Waals surface area contributed by atoms with Crippen molar-refractivity contribution in [2.75, 3.05) is 0 Å². The van der Waals surface area contributed by atoms with Crippen LogP contribution in [0.15, 0.2) is 59.1 Å². The maximum atomic E-state index is 13.0. The van der Waals surface area contributed by atoms with E-state index in [1.165, 1.54) is 0 Å². The van der Waals surface area contributed by atoms with E-state index in [2.05, 4.69) is 20.4 Å². The predicted octanol–water partition coefficient (Wildman–Crippen LogP) is 4.22. The van der Waals surface area contributed by atoms with E-state index in [1.807, 2.05) is 54.6 Å². The molecule has 0 unspecified atom stereocenters. The molecule has 0 bridgehead atoms. The Morgan fingerprint density at radius 2 is 1.88 bits per heavy atom. The first-order valence-electron chi connectivity index (χ1n) is 11.3. The number of aliphatic hydroxyl groups is 1. The van der Waals surface area contributed by atoms with Gasteiger partial charge >= 0.3 is 0 Å². The molecule has 5 rings (SSSR count). The summed E-state index contributed by atoms with van der Waals surface area (Å²) in [4.78, 5) is 21.9. The SMILES string of the molecule is Cc1nc(-c2ccc(Cc3cc(C(=O)N[C@H]4CCCC[C@@H]4O)nc4ccccc34)cc2)no1. The summed E-state index contributed by atoms with van der Waals surface area (Å²) in [6, 6.07) is 17.5. The van der Waals surface area contributed by atoms with Gasteiger partial charge in [-0.05, 0) is 42.5 Å². The maximum Gasteiger partial charge on any atom is 0.270 e. The molecule has 33 heavy (non-hydrogen) atoms. The van der Waals surface area contributed by atoms with Crippen molar-refractivity contribution < 1.29 is 14.4 Å². The van der Waals surface area contributed by atoms with Gasteiger partial charge in [-0.1, -0.05) is 60.5 Å². The van der Waals surface area contributed by atoms with Crippen LogP contribution in [-0.4, -0.2) is 38.3 Å². The van der Waals surface area contributed by atoms with Gasteiger partial charge in [0, 0.05) is 17.9 Å². The van der Waals surface area contributed by atoms with Gasteiger partial charge in [-0.2, -0.15) is 4.98 Å². The summed E-state index contributed by atoms with van der Waals surface area (Å²) in [5, 5.41) is 18.2. The van der Waals surface area contributed by atoms with Gasteiger partial charge in [0.05, 0.1) is 17.7 Å². The summed E-state index contributed by atoms with van der Waals surface area (Å²) < 4.78 is 5.07. The Labute approximate surface area is 191 Å². The lowest BCUT2D eigenvalue weighted by Gasteiger charge is -2.28. The van der Waals surface area contributed by atoms with Crippen LogP contribution in [-0.2, 0) is 6.42 Å². The van der Waals surface area contributed by atoms with Crippen molar-refractivity contribution in [2.24, 2.45) is 0 Å². The van der Waals surface area contributed by atoms with Gasteiger partial charge in [-0.25, -0.2) is 4.98 Å². The first kappa shape index (κ1) is 21.3. The molecule has 2 N–H and O–H groups in total. The van der Waals surface area contributed by atoms with Gasteiger partial charge in [-0.15, -0.1) is 0 Å². The van der Waals surface area contributed by atoms with E-state index >= 15 is 0 Å². The number of pyridine rings is 1. The van der Waals surface area contributed by atoms with Gasteiger partial charge in [0.1, 0.15) is 5.69 Å². The number of nitrogens with zero attached hydrogens (tertiary/aromatic N) is 3. The van der Waals surface area contributed by atoms with Gasteiger partial charge in [0.15, 0.2) is 0 Å². The zero-order chi connectivity index (χ0) is 22.8. The van der Waals surface area contributed by atoms with Crippen molar-refractivity contribution in [2.45, 2.75) is 51.2 Å². The van der Waals surface area contributed by atoms with E-state index in [4.69, 9.17) is 4.52 Å². The Hall–Kier alpha value is -3.58. The normalized spacial score (nSPS) is 18.4. The molecular weight excluding hydrogens is 416 g/mol. The van der Waals surface area contributed by atoms with E-state index < -0.39 is 6.10 Å². The van der Waals surface area contributed by atoms with Gasteiger partial charge in [-0.3, -0.25) is 4.79 Å². The molecule has 2 heterocycles. The molecule has 1 aliphatic carbocycles. The van der Waals surface area contributed by atoms with E-state index in [0.717, 1.165) is 53.3 Å². The minimum absolute atomic E-state index is 0.218. The molecule has 2 atom stereocenters. The van der Waals surface area contributed by atoms with Crippen LogP contribution in [0.1, 0.15) is 53.2 Å². The fraction of sp³-hybridized carbons (Fsp3) is 0.308. The number of aromatic nitrogens is 3. The number of amides is 1. The molecule has 0 spiro atoms. The van der Waals surface area contributed by atoms with Crippen LogP contribution in [0.2, 0.25) is 0 Å². The van der Waals surface area contributed by atoms with Crippen LogP contribution < -0.4 is 5.32 Å². The summed E-state index contributed by atoms with van der Waals surface area (Å²) in [5.41, 5.74) is 4.17. The van der Waals surface area contributed by atoms with E-state index in [1.54, 1.807) is 6.92 Å². The standard InChI is InChI=1S/C26H26N4O3/c1-16-27-25(30-33-16)18-12-10-17(11-13-18)14-19-15-23(28-21-7-3-2-6-20(19)21)26(32)29-22-8-4-5-9-24(22)31/h2-3,6-7,10-13,15,22,24,31H,4-5,8-9,14H2,1H3,(H,29,32)/t22-,24-/m0/s1. The number of aryl methyl sites for hydroxylation is 1. The molecule has 1 aliphatic rings. The van der Waals surface area contributed by atoms with E-state index in [0.29, 0.717) is 23.8 Å². The highest BCUT2D eigenvalue weighted by atomic mass is 16.5. The molecule has 2 aromatic carbocycles. The molecule has 1 amide bonds. The number of aliphatic hydroxyl groups excluding tert-OH is 1. The minimum Gasteiger partial charge on any atom is -0.391 e. The van der Waals surface area contributed by atoms with Crippen LogP contribution >= 0.6 is 0 Å². The third-order valence-electron chi connectivity index (χ3n) is 6.21. The third kappa shape index (κ3) is 4.64. The number of fused-ring (bicyclic) bond motifs is 1. The number of hydrogen-bond acceptors (Lipinski definition) is 6. The van der Waals surface area contributed by atoms with Crippen molar-refractivity contribution in [3.63, 3.8) is 0 Å². The highest BCUT2D eigenvalue weighted by Gasteiger charge is 2.25. The molecule has 7 heteroatoms. The second kappa shape index (κ2) is 9.11. The average Bonchev–Trinajstić information content (AvgIpc) is 3.27. The smallest absolute Gasteiger partial charge is 0.270 e. The molecule has 168 valence electrons. The Balaban J connectivity index is 1.42. The summed E-state index contributed by atoms with van der Waals surface area (Å²) in [6.45, 7) is 1.77. The Bertz CT molecular complexity index is 1280.